The first-order chi connectivity index (χ1) is 5.65. The van der Waals surface area contributed by atoms with Gasteiger partial charge in [0.2, 0.25) is 0 Å². The Morgan fingerprint density at radius 2 is 2.42 bits per heavy atom. The second kappa shape index (κ2) is 3.58. The summed E-state index contributed by atoms with van der Waals surface area (Å²) in [4.78, 5) is 2.07. The van der Waals surface area contributed by atoms with Crippen molar-refractivity contribution in [2.24, 2.45) is 12.8 Å². The van der Waals surface area contributed by atoms with E-state index in [2.05, 4.69) is 16.9 Å². The van der Waals surface area contributed by atoms with Crippen molar-refractivity contribution in [1.29, 1.82) is 0 Å². The number of rotatable bonds is 3. The first-order valence-corrected chi connectivity index (χ1v) is 4.07. The predicted octanol–water partition coefficient (Wildman–Crippen LogP) is 0.203. The van der Waals surface area contributed by atoms with Gasteiger partial charge in [0.05, 0.1) is 0 Å². The lowest BCUT2D eigenvalue weighted by Gasteiger charge is -2.22. The van der Waals surface area contributed by atoms with Gasteiger partial charge in [-0.2, -0.15) is 5.10 Å². The van der Waals surface area contributed by atoms with Crippen LogP contribution < -0.4 is 10.6 Å². The fraction of sp³-hybridized carbons (Fsp3) is 0.625. The van der Waals surface area contributed by atoms with Gasteiger partial charge in [0, 0.05) is 38.9 Å². The Bertz CT molecular complexity index is 243. The zero-order chi connectivity index (χ0) is 9.14. The molecule has 0 bridgehead atoms. The van der Waals surface area contributed by atoms with Crippen molar-refractivity contribution < 1.29 is 0 Å². The molecule has 1 heterocycles. The summed E-state index contributed by atoms with van der Waals surface area (Å²) in [5.74, 6) is 0.968. The summed E-state index contributed by atoms with van der Waals surface area (Å²) in [6.07, 6.45) is 1.93. The van der Waals surface area contributed by atoms with E-state index < -0.39 is 0 Å². The molecule has 0 aliphatic rings. The summed E-state index contributed by atoms with van der Waals surface area (Å²) in [6, 6.07) is 2.31. The molecule has 12 heavy (non-hydrogen) atoms. The molecule has 1 atom stereocenters. The van der Waals surface area contributed by atoms with Crippen molar-refractivity contribution in [3.8, 4) is 0 Å². The molecule has 0 aliphatic carbocycles. The maximum atomic E-state index is 5.54. The van der Waals surface area contributed by atoms with Crippen LogP contribution in [0.2, 0.25) is 0 Å². The molecule has 0 aliphatic heterocycles. The minimum Gasteiger partial charge on any atom is -0.354 e. The number of nitrogens with two attached hydrogens (primary N) is 1. The van der Waals surface area contributed by atoms with Gasteiger partial charge in [-0.1, -0.05) is 0 Å². The van der Waals surface area contributed by atoms with E-state index in [9.17, 15) is 0 Å². The number of aromatic nitrogens is 2. The van der Waals surface area contributed by atoms with Crippen LogP contribution in [0.4, 0.5) is 5.82 Å². The molecular weight excluding hydrogens is 152 g/mol. The van der Waals surface area contributed by atoms with Gasteiger partial charge < -0.3 is 10.6 Å². The summed E-state index contributed by atoms with van der Waals surface area (Å²) in [5, 5.41) is 4.27. The quantitative estimate of drug-likeness (QED) is 0.701. The van der Waals surface area contributed by atoms with Gasteiger partial charge in [0.25, 0.3) is 0 Å². The lowest BCUT2D eigenvalue weighted by molar-refractivity contribution is 0.672. The first-order valence-electron chi connectivity index (χ1n) is 4.07. The van der Waals surface area contributed by atoms with Crippen LogP contribution in [-0.4, -0.2) is 29.4 Å². The van der Waals surface area contributed by atoms with E-state index in [0.29, 0.717) is 12.6 Å². The molecule has 0 fully saturated rings. The van der Waals surface area contributed by atoms with Gasteiger partial charge in [0.15, 0.2) is 5.82 Å². The third-order valence-electron chi connectivity index (χ3n) is 2.06. The third-order valence-corrected chi connectivity index (χ3v) is 2.06. The number of hydrogen-bond donors (Lipinski definition) is 1. The molecule has 0 amide bonds. The van der Waals surface area contributed by atoms with E-state index in [-0.39, 0.29) is 0 Å². The van der Waals surface area contributed by atoms with E-state index >= 15 is 0 Å². The van der Waals surface area contributed by atoms with Crippen LogP contribution in [0.25, 0.3) is 0 Å². The number of anilines is 1. The highest BCUT2D eigenvalue weighted by atomic mass is 15.3. The summed E-state index contributed by atoms with van der Waals surface area (Å²) >= 11 is 0. The molecule has 0 radical (unpaired) electrons. The molecule has 1 unspecified atom stereocenters. The maximum Gasteiger partial charge on any atom is 0.150 e. The van der Waals surface area contributed by atoms with E-state index in [4.69, 9.17) is 5.73 Å². The fourth-order valence-corrected chi connectivity index (χ4v) is 0.975. The van der Waals surface area contributed by atoms with Crippen LogP contribution in [0.5, 0.6) is 0 Å². The van der Waals surface area contributed by atoms with Crippen molar-refractivity contribution in [1.82, 2.24) is 9.78 Å². The summed E-state index contributed by atoms with van der Waals surface area (Å²) in [7, 11) is 3.91. The molecule has 4 heteroatoms. The number of aryl methyl sites for hydroxylation is 1. The molecular formula is C8H16N4. The lowest BCUT2D eigenvalue weighted by atomic mass is 10.3. The topological polar surface area (TPSA) is 47.1 Å². The van der Waals surface area contributed by atoms with Crippen LogP contribution in [0.3, 0.4) is 0 Å². The largest absolute Gasteiger partial charge is 0.354 e. The van der Waals surface area contributed by atoms with Crippen molar-refractivity contribution in [2.75, 3.05) is 18.5 Å². The zero-order valence-electron chi connectivity index (χ0n) is 7.86. The van der Waals surface area contributed by atoms with E-state index in [1.165, 1.54) is 0 Å². The first kappa shape index (κ1) is 9.06. The Kier molecular flexibility index (Phi) is 2.70. The van der Waals surface area contributed by atoms with Crippen LogP contribution in [0.15, 0.2) is 12.3 Å². The minimum absolute atomic E-state index is 0.333. The SMILES string of the molecule is CC(CN)N(C)c1ccn(C)n1. The van der Waals surface area contributed by atoms with Crippen molar-refractivity contribution in [3.63, 3.8) is 0 Å². The number of nitrogens with zero attached hydrogens (tertiary/aromatic N) is 3. The highest BCUT2D eigenvalue weighted by Gasteiger charge is 2.09. The molecule has 0 saturated heterocycles. The molecule has 1 rings (SSSR count). The standard InChI is InChI=1S/C8H16N4/c1-7(6-9)12(3)8-4-5-11(2)10-8/h4-5,7H,6,9H2,1-3H3. The van der Waals surface area contributed by atoms with Crippen molar-refractivity contribution >= 4 is 5.82 Å². The summed E-state index contributed by atoms with van der Waals surface area (Å²) < 4.78 is 1.79. The third kappa shape index (κ3) is 1.76. The second-order valence-electron chi connectivity index (χ2n) is 3.04. The molecule has 0 aromatic carbocycles. The van der Waals surface area contributed by atoms with Crippen LogP contribution in [0.1, 0.15) is 6.92 Å². The van der Waals surface area contributed by atoms with E-state index in [1.54, 1.807) is 4.68 Å². The minimum atomic E-state index is 0.333. The van der Waals surface area contributed by atoms with Gasteiger partial charge in [-0.25, -0.2) is 0 Å². The van der Waals surface area contributed by atoms with E-state index in [0.717, 1.165) is 5.82 Å². The smallest absolute Gasteiger partial charge is 0.150 e. The lowest BCUT2D eigenvalue weighted by Crippen LogP contribution is -2.35. The number of likely N-dealkylation sites (N-methyl/N-ethyl adjacent to an activating group) is 1. The van der Waals surface area contributed by atoms with Crippen molar-refractivity contribution in [3.05, 3.63) is 12.3 Å². The summed E-state index contributed by atoms with van der Waals surface area (Å²) in [6.45, 7) is 2.72. The van der Waals surface area contributed by atoms with Gasteiger partial charge in [-0.3, -0.25) is 4.68 Å². The molecule has 4 nitrogen and oxygen atoms in total. The average molecular weight is 168 g/mol. The maximum absolute atomic E-state index is 5.54. The van der Waals surface area contributed by atoms with Crippen LogP contribution in [-0.2, 0) is 7.05 Å². The molecule has 0 spiro atoms. The fourth-order valence-electron chi connectivity index (χ4n) is 0.975. The normalized spacial score (nSPS) is 13.0. The second-order valence-corrected chi connectivity index (χ2v) is 3.04. The van der Waals surface area contributed by atoms with Gasteiger partial charge in [-0.05, 0) is 6.92 Å². The Hall–Kier alpha value is -1.03. The highest BCUT2D eigenvalue weighted by Crippen LogP contribution is 2.09. The van der Waals surface area contributed by atoms with Gasteiger partial charge >= 0.3 is 0 Å². The highest BCUT2D eigenvalue weighted by molar-refractivity contribution is 5.36. The van der Waals surface area contributed by atoms with E-state index in [1.807, 2.05) is 26.4 Å². The predicted molar refractivity (Wildman–Crippen MR) is 50.1 cm³/mol. The van der Waals surface area contributed by atoms with Crippen LogP contribution >= 0.6 is 0 Å². The Balaban J connectivity index is 2.70. The molecule has 68 valence electrons. The molecule has 1 aromatic rings. The average Bonchev–Trinajstić information content (AvgIpc) is 2.49. The number of hydrogen-bond acceptors (Lipinski definition) is 3. The van der Waals surface area contributed by atoms with Gasteiger partial charge in [-0.15, -0.1) is 0 Å². The van der Waals surface area contributed by atoms with Crippen LogP contribution in [0, 0.1) is 0 Å². The molecule has 1 aromatic heterocycles. The van der Waals surface area contributed by atoms with Crippen molar-refractivity contribution in [2.45, 2.75) is 13.0 Å². The zero-order valence-corrected chi connectivity index (χ0v) is 7.86. The Labute approximate surface area is 73.0 Å². The summed E-state index contributed by atoms with van der Waals surface area (Å²) in [5.41, 5.74) is 5.54. The monoisotopic (exact) mass is 168 g/mol. The van der Waals surface area contributed by atoms with Gasteiger partial charge in [0.1, 0.15) is 0 Å². The Morgan fingerprint density at radius 1 is 1.75 bits per heavy atom. The Morgan fingerprint density at radius 3 is 2.83 bits per heavy atom. The molecule has 0 saturated carbocycles. The molecule has 2 N–H and O–H groups in total.